The molecule has 0 unspecified atom stereocenters. The fourth-order valence-electron chi connectivity index (χ4n) is 2.28. The van der Waals surface area contributed by atoms with Crippen LogP contribution in [0.1, 0.15) is 6.42 Å². The van der Waals surface area contributed by atoms with Gasteiger partial charge in [-0.05, 0) is 18.2 Å². The zero-order valence-corrected chi connectivity index (χ0v) is 11.3. The predicted molar refractivity (Wildman–Crippen MR) is 78.1 cm³/mol. The summed E-state index contributed by atoms with van der Waals surface area (Å²) in [4.78, 5) is 13.7. The third-order valence-corrected chi connectivity index (χ3v) is 3.52. The fourth-order valence-corrected chi connectivity index (χ4v) is 2.45. The van der Waals surface area contributed by atoms with Crippen LogP contribution in [0.5, 0.6) is 0 Å². The second-order valence-electron chi connectivity index (χ2n) is 4.57. The molecule has 0 saturated carbocycles. The summed E-state index contributed by atoms with van der Waals surface area (Å²) in [6, 6.07) is 12.4. The molecule has 1 aliphatic rings. The maximum absolute atomic E-state index is 13.8. The third kappa shape index (κ3) is 2.34. The van der Waals surface area contributed by atoms with Crippen molar-refractivity contribution in [1.82, 2.24) is 0 Å². The maximum Gasteiger partial charge on any atom is 0.226 e. The Kier molecular flexibility index (Phi) is 3.32. The molecule has 1 N–H and O–H groups in total. The van der Waals surface area contributed by atoms with Gasteiger partial charge in [0.1, 0.15) is 5.82 Å². The molecule has 3 rings (SSSR count). The molecule has 0 bridgehead atoms. The van der Waals surface area contributed by atoms with Crippen LogP contribution in [0.15, 0.2) is 42.5 Å². The summed E-state index contributed by atoms with van der Waals surface area (Å²) in [5.74, 6) is -0.602. The summed E-state index contributed by atoms with van der Waals surface area (Å²) in [5.41, 5.74) is 2.05. The van der Waals surface area contributed by atoms with Crippen LogP contribution in [-0.4, -0.2) is 12.5 Å². The second-order valence-corrected chi connectivity index (χ2v) is 4.98. The van der Waals surface area contributed by atoms with Crippen molar-refractivity contribution < 1.29 is 9.18 Å². The molecule has 0 radical (unpaired) electrons. The van der Waals surface area contributed by atoms with E-state index in [1.807, 2.05) is 35.2 Å². The lowest BCUT2D eigenvalue weighted by Gasteiger charge is -2.24. The molecule has 1 aliphatic heterocycles. The van der Waals surface area contributed by atoms with Crippen molar-refractivity contribution >= 4 is 34.6 Å². The largest absolute Gasteiger partial charge is 0.339 e. The molecule has 20 heavy (non-hydrogen) atoms. The smallest absolute Gasteiger partial charge is 0.226 e. The van der Waals surface area contributed by atoms with Crippen molar-refractivity contribution in [3.63, 3.8) is 0 Å². The van der Waals surface area contributed by atoms with Crippen LogP contribution >= 0.6 is 11.6 Å². The Morgan fingerprint density at radius 1 is 1.20 bits per heavy atom. The van der Waals surface area contributed by atoms with Crippen molar-refractivity contribution in [3.8, 4) is 0 Å². The third-order valence-electron chi connectivity index (χ3n) is 3.23. The summed E-state index contributed by atoms with van der Waals surface area (Å²) >= 11 is 5.80. The standard InChI is InChI=1S/C15H12ClFN2O/c16-11-8-13-14(9-12(11)17)19(7-6-15(20)18-13)10-4-2-1-3-5-10/h1-5,8-9H,6-7H2,(H,18,20). The molecule has 0 spiro atoms. The molecule has 0 saturated heterocycles. The van der Waals surface area contributed by atoms with E-state index in [4.69, 9.17) is 11.6 Å². The number of carbonyl (C=O) groups is 1. The van der Waals surface area contributed by atoms with E-state index in [0.717, 1.165) is 5.69 Å². The minimum Gasteiger partial charge on any atom is -0.339 e. The van der Waals surface area contributed by atoms with Crippen molar-refractivity contribution in [2.45, 2.75) is 6.42 Å². The Labute approximate surface area is 121 Å². The van der Waals surface area contributed by atoms with Crippen molar-refractivity contribution in [3.05, 3.63) is 53.3 Å². The summed E-state index contributed by atoms with van der Waals surface area (Å²) in [6.07, 6.45) is 0.336. The summed E-state index contributed by atoms with van der Waals surface area (Å²) in [6.45, 7) is 0.490. The van der Waals surface area contributed by atoms with Gasteiger partial charge in [0.15, 0.2) is 0 Å². The molecule has 2 aromatic carbocycles. The lowest BCUT2D eigenvalue weighted by molar-refractivity contribution is -0.115. The highest BCUT2D eigenvalue weighted by Gasteiger charge is 2.22. The molecule has 0 aromatic heterocycles. The van der Waals surface area contributed by atoms with Gasteiger partial charge in [-0.1, -0.05) is 29.8 Å². The lowest BCUT2D eigenvalue weighted by atomic mass is 10.2. The number of benzene rings is 2. The molecular formula is C15H12ClFN2O. The van der Waals surface area contributed by atoms with Gasteiger partial charge in [0.25, 0.3) is 0 Å². The Bertz CT molecular complexity index is 660. The van der Waals surface area contributed by atoms with E-state index in [-0.39, 0.29) is 10.9 Å². The number of halogens is 2. The van der Waals surface area contributed by atoms with Gasteiger partial charge in [-0.2, -0.15) is 0 Å². The summed E-state index contributed by atoms with van der Waals surface area (Å²) < 4.78 is 13.8. The number of amides is 1. The monoisotopic (exact) mass is 290 g/mol. The Morgan fingerprint density at radius 2 is 1.95 bits per heavy atom. The first-order valence-electron chi connectivity index (χ1n) is 6.26. The van der Waals surface area contributed by atoms with Crippen LogP contribution in [0.25, 0.3) is 0 Å². The first-order valence-corrected chi connectivity index (χ1v) is 6.64. The van der Waals surface area contributed by atoms with Crippen molar-refractivity contribution in [2.24, 2.45) is 0 Å². The average molecular weight is 291 g/mol. The average Bonchev–Trinajstić information content (AvgIpc) is 2.59. The number of para-hydroxylation sites is 1. The van der Waals surface area contributed by atoms with Crippen LogP contribution in [0.2, 0.25) is 5.02 Å². The van der Waals surface area contributed by atoms with Gasteiger partial charge in [-0.3, -0.25) is 4.79 Å². The zero-order chi connectivity index (χ0) is 14.1. The number of anilines is 3. The predicted octanol–water partition coefficient (Wildman–Crippen LogP) is 3.96. The van der Waals surface area contributed by atoms with Gasteiger partial charge in [0.05, 0.1) is 16.4 Å². The molecule has 102 valence electrons. The first kappa shape index (κ1) is 12.9. The number of nitrogens with one attached hydrogen (secondary N) is 1. The number of fused-ring (bicyclic) bond motifs is 1. The highest BCUT2D eigenvalue weighted by atomic mass is 35.5. The molecule has 1 amide bonds. The quantitative estimate of drug-likeness (QED) is 0.862. The van der Waals surface area contributed by atoms with E-state index in [9.17, 15) is 9.18 Å². The molecule has 1 heterocycles. The first-order chi connectivity index (χ1) is 9.65. The topological polar surface area (TPSA) is 32.3 Å². The Balaban J connectivity index is 2.14. The second kappa shape index (κ2) is 5.13. The number of hydrogen-bond acceptors (Lipinski definition) is 2. The fraction of sp³-hybridized carbons (Fsp3) is 0.133. The molecular weight excluding hydrogens is 279 g/mol. The Hall–Kier alpha value is -2.07. The van der Waals surface area contributed by atoms with E-state index < -0.39 is 5.82 Å². The van der Waals surface area contributed by atoms with E-state index >= 15 is 0 Å². The van der Waals surface area contributed by atoms with Gasteiger partial charge >= 0.3 is 0 Å². The zero-order valence-electron chi connectivity index (χ0n) is 10.6. The van der Waals surface area contributed by atoms with Crippen LogP contribution in [0.3, 0.4) is 0 Å². The van der Waals surface area contributed by atoms with Gasteiger partial charge in [-0.15, -0.1) is 0 Å². The van der Waals surface area contributed by atoms with Crippen LogP contribution in [0, 0.1) is 5.82 Å². The number of rotatable bonds is 1. The highest BCUT2D eigenvalue weighted by molar-refractivity contribution is 6.31. The van der Waals surface area contributed by atoms with Crippen LogP contribution < -0.4 is 10.2 Å². The molecule has 2 aromatic rings. The van der Waals surface area contributed by atoms with E-state index in [0.29, 0.717) is 24.3 Å². The summed E-state index contributed by atoms with van der Waals surface area (Å²) in [5, 5.41) is 2.76. The van der Waals surface area contributed by atoms with Gasteiger partial charge < -0.3 is 10.2 Å². The van der Waals surface area contributed by atoms with Crippen LogP contribution in [0.4, 0.5) is 21.5 Å². The van der Waals surface area contributed by atoms with E-state index in [1.54, 1.807) is 0 Å². The molecule has 0 aliphatic carbocycles. The van der Waals surface area contributed by atoms with Gasteiger partial charge in [0, 0.05) is 24.7 Å². The molecule has 5 heteroatoms. The molecule has 0 atom stereocenters. The SMILES string of the molecule is O=C1CCN(c2ccccc2)c2cc(F)c(Cl)cc2N1. The molecule has 0 fully saturated rings. The number of carbonyl (C=O) groups excluding carboxylic acids is 1. The minimum absolute atomic E-state index is 0.000961. The lowest BCUT2D eigenvalue weighted by Crippen LogP contribution is -2.18. The van der Waals surface area contributed by atoms with Crippen molar-refractivity contribution in [1.29, 1.82) is 0 Å². The minimum atomic E-state index is -0.498. The highest BCUT2D eigenvalue weighted by Crippen LogP contribution is 2.37. The van der Waals surface area contributed by atoms with Gasteiger partial charge in [0.2, 0.25) is 5.91 Å². The van der Waals surface area contributed by atoms with Crippen LogP contribution in [-0.2, 0) is 4.79 Å². The van der Waals surface area contributed by atoms with E-state index in [2.05, 4.69) is 5.32 Å². The van der Waals surface area contributed by atoms with Crippen molar-refractivity contribution in [2.75, 3.05) is 16.8 Å². The van der Waals surface area contributed by atoms with Gasteiger partial charge in [-0.25, -0.2) is 4.39 Å². The Morgan fingerprint density at radius 3 is 2.70 bits per heavy atom. The van der Waals surface area contributed by atoms with E-state index in [1.165, 1.54) is 12.1 Å². The normalized spacial score (nSPS) is 14.5. The molecule has 3 nitrogen and oxygen atoms in total. The summed E-state index contributed by atoms with van der Waals surface area (Å²) in [7, 11) is 0. The number of hydrogen-bond donors (Lipinski definition) is 1. The maximum atomic E-state index is 13.8. The number of nitrogens with zero attached hydrogens (tertiary/aromatic N) is 1.